The van der Waals surface area contributed by atoms with Crippen LogP contribution in [0.1, 0.15) is 46.0 Å². The van der Waals surface area contributed by atoms with E-state index in [4.69, 9.17) is 0 Å². The molecular weight excluding hydrogens is 236 g/mol. The van der Waals surface area contributed by atoms with E-state index in [2.05, 4.69) is 34.0 Å². The fourth-order valence-electron chi connectivity index (χ4n) is 2.71. The highest BCUT2D eigenvalue weighted by molar-refractivity contribution is 5.42. The molecule has 1 saturated heterocycles. The minimum Gasteiger partial charge on any atom is -0.356 e. The molecule has 0 atom stereocenters. The average molecular weight is 262 g/mol. The number of rotatable bonds is 6. The van der Waals surface area contributed by atoms with E-state index < -0.39 is 0 Å². The van der Waals surface area contributed by atoms with Gasteiger partial charge >= 0.3 is 0 Å². The van der Waals surface area contributed by atoms with Gasteiger partial charge in [0.1, 0.15) is 5.82 Å². The Hall–Kier alpha value is -1.32. The Bertz CT molecular complexity index is 372. The number of piperidine rings is 1. The molecule has 106 valence electrons. The van der Waals surface area contributed by atoms with Gasteiger partial charge < -0.3 is 10.2 Å². The van der Waals surface area contributed by atoms with Crippen molar-refractivity contribution >= 4 is 11.8 Å². The van der Waals surface area contributed by atoms with Gasteiger partial charge in [0.15, 0.2) is 0 Å². The molecule has 1 N–H and O–H groups in total. The van der Waals surface area contributed by atoms with E-state index in [0.29, 0.717) is 0 Å². The largest absolute Gasteiger partial charge is 0.356 e. The molecule has 4 nitrogen and oxygen atoms in total. The maximum atomic E-state index is 4.61. The Morgan fingerprint density at radius 1 is 1.26 bits per heavy atom. The van der Waals surface area contributed by atoms with E-state index in [9.17, 15) is 0 Å². The van der Waals surface area contributed by atoms with Crippen molar-refractivity contribution in [2.75, 3.05) is 29.9 Å². The van der Waals surface area contributed by atoms with E-state index in [1.165, 1.54) is 25.7 Å². The van der Waals surface area contributed by atoms with Gasteiger partial charge in [0.25, 0.3) is 0 Å². The average Bonchev–Trinajstić information content (AvgIpc) is 2.46. The fraction of sp³-hybridized carbons (Fsp3) is 0.733. The molecule has 0 spiro atoms. The molecule has 1 aromatic heterocycles. The Balaban J connectivity index is 1.91. The third kappa shape index (κ3) is 4.08. The molecule has 0 unspecified atom stereocenters. The molecule has 2 heterocycles. The van der Waals surface area contributed by atoms with Crippen LogP contribution < -0.4 is 10.2 Å². The van der Waals surface area contributed by atoms with E-state index in [1.54, 1.807) is 0 Å². The van der Waals surface area contributed by atoms with Crippen LogP contribution in [0.4, 0.5) is 11.8 Å². The molecule has 0 amide bonds. The molecule has 4 heteroatoms. The lowest BCUT2D eigenvalue weighted by atomic mass is 9.92. The van der Waals surface area contributed by atoms with Gasteiger partial charge in [0.2, 0.25) is 5.95 Å². The summed E-state index contributed by atoms with van der Waals surface area (Å²) >= 11 is 0. The molecule has 19 heavy (non-hydrogen) atoms. The van der Waals surface area contributed by atoms with Crippen molar-refractivity contribution in [3.8, 4) is 0 Å². The molecule has 1 aliphatic rings. The standard InChI is InChI=1S/C15H26N4/c1-3-5-13-7-11-19(12-8-13)14-6-10-17-15(18-14)16-9-4-2/h6,10,13H,3-5,7-9,11-12H2,1-2H3,(H,16,17,18). The van der Waals surface area contributed by atoms with E-state index in [-0.39, 0.29) is 0 Å². The van der Waals surface area contributed by atoms with Crippen molar-refractivity contribution in [3.05, 3.63) is 12.3 Å². The summed E-state index contributed by atoms with van der Waals surface area (Å²) in [6.45, 7) is 7.63. The van der Waals surface area contributed by atoms with Gasteiger partial charge in [-0.25, -0.2) is 4.98 Å². The predicted molar refractivity (Wildman–Crippen MR) is 80.7 cm³/mol. The highest BCUT2D eigenvalue weighted by atomic mass is 15.2. The molecule has 1 fully saturated rings. The minimum absolute atomic E-state index is 0.759. The van der Waals surface area contributed by atoms with Crippen LogP contribution in [0.15, 0.2) is 12.3 Å². The second-order valence-electron chi connectivity index (χ2n) is 5.38. The van der Waals surface area contributed by atoms with Crippen molar-refractivity contribution in [3.63, 3.8) is 0 Å². The number of anilines is 2. The van der Waals surface area contributed by atoms with E-state index >= 15 is 0 Å². The van der Waals surface area contributed by atoms with Crippen LogP contribution >= 0.6 is 0 Å². The number of hydrogen-bond donors (Lipinski definition) is 1. The van der Waals surface area contributed by atoms with Crippen molar-refractivity contribution in [1.29, 1.82) is 0 Å². The summed E-state index contributed by atoms with van der Waals surface area (Å²) < 4.78 is 0. The Kier molecular flexibility index (Phi) is 5.43. The summed E-state index contributed by atoms with van der Waals surface area (Å²) in [6.07, 6.45) is 8.24. The Labute approximate surface area is 116 Å². The third-order valence-corrected chi connectivity index (χ3v) is 3.81. The first-order chi connectivity index (χ1) is 9.33. The van der Waals surface area contributed by atoms with Crippen LogP contribution in [0, 0.1) is 5.92 Å². The second-order valence-corrected chi connectivity index (χ2v) is 5.38. The molecule has 2 rings (SSSR count). The van der Waals surface area contributed by atoms with Gasteiger partial charge in [-0.3, -0.25) is 0 Å². The van der Waals surface area contributed by atoms with Crippen molar-refractivity contribution in [2.45, 2.75) is 46.0 Å². The highest BCUT2D eigenvalue weighted by Crippen LogP contribution is 2.25. The summed E-state index contributed by atoms with van der Waals surface area (Å²) in [4.78, 5) is 11.3. The monoisotopic (exact) mass is 262 g/mol. The van der Waals surface area contributed by atoms with Crippen LogP contribution in [0.2, 0.25) is 0 Å². The lowest BCUT2D eigenvalue weighted by molar-refractivity contribution is 0.377. The quantitative estimate of drug-likeness (QED) is 0.854. The lowest BCUT2D eigenvalue weighted by Crippen LogP contribution is -2.34. The number of hydrogen-bond acceptors (Lipinski definition) is 4. The zero-order valence-corrected chi connectivity index (χ0v) is 12.2. The summed E-state index contributed by atoms with van der Waals surface area (Å²) in [5.41, 5.74) is 0. The zero-order chi connectivity index (χ0) is 13.5. The number of aromatic nitrogens is 2. The number of nitrogens with one attached hydrogen (secondary N) is 1. The summed E-state index contributed by atoms with van der Waals surface area (Å²) in [5.74, 6) is 2.75. The molecule has 0 saturated carbocycles. The maximum Gasteiger partial charge on any atom is 0.224 e. The van der Waals surface area contributed by atoms with Crippen LogP contribution in [0.3, 0.4) is 0 Å². The van der Waals surface area contributed by atoms with Crippen LogP contribution in [0.25, 0.3) is 0 Å². The maximum absolute atomic E-state index is 4.61. The normalized spacial score (nSPS) is 16.6. The molecule has 1 aliphatic heterocycles. The summed E-state index contributed by atoms with van der Waals surface area (Å²) in [6, 6.07) is 2.03. The lowest BCUT2D eigenvalue weighted by Gasteiger charge is -2.32. The van der Waals surface area contributed by atoms with Gasteiger partial charge in [-0.05, 0) is 31.2 Å². The smallest absolute Gasteiger partial charge is 0.224 e. The highest BCUT2D eigenvalue weighted by Gasteiger charge is 2.19. The van der Waals surface area contributed by atoms with Crippen LogP contribution in [-0.2, 0) is 0 Å². The summed E-state index contributed by atoms with van der Waals surface area (Å²) in [7, 11) is 0. The van der Waals surface area contributed by atoms with Crippen LogP contribution in [0.5, 0.6) is 0 Å². The molecular formula is C15H26N4. The van der Waals surface area contributed by atoms with E-state index in [1.807, 2.05) is 12.3 Å². The Morgan fingerprint density at radius 3 is 2.74 bits per heavy atom. The molecule has 0 radical (unpaired) electrons. The van der Waals surface area contributed by atoms with Gasteiger partial charge in [0.05, 0.1) is 0 Å². The second kappa shape index (κ2) is 7.31. The topological polar surface area (TPSA) is 41.1 Å². The van der Waals surface area contributed by atoms with Crippen molar-refractivity contribution in [2.24, 2.45) is 5.92 Å². The first-order valence-corrected chi connectivity index (χ1v) is 7.65. The third-order valence-electron chi connectivity index (χ3n) is 3.81. The molecule has 0 aromatic carbocycles. The first kappa shape index (κ1) is 14.1. The molecule has 0 aliphatic carbocycles. The Morgan fingerprint density at radius 2 is 2.05 bits per heavy atom. The number of nitrogens with zero attached hydrogens (tertiary/aromatic N) is 3. The zero-order valence-electron chi connectivity index (χ0n) is 12.2. The fourth-order valence-corrected chi connectivity index (χ4v) is 2.71. The molecule has 1 aromatic rings. The summed E-state index contributed by atoms with van der Waals surface area (Å²) in [5, 5.41) is 3.25. The van der Waals surface area contributed by atoms with Gasteiger partial charge in [0, 0.05) is 25.8 Å². The predicted octanol–water partition coefficient (Wildman–Crippen LogP) is 3.32. The van der Waals surface area contributed by atoms with Crippen molar-refractivity contribution < 1.29 is 0 Å². The first-order valence-electron chi connectivity index (χ1n) is 7.65. The van der Waals surface area contributed by atoms with Gasteiger partial charge in [-0.2, -0.15) is 4.98 Å². The minimum atomic E-state index is 0.759. The van der Waals surface area contributed by atoms with Crippen LogP contribution in [-0.4, -0.2) is 29.6 Å². The van der Waals surface area contributed by atoms with E-state index in [0.717, 1.165) is 43.7 Å². The van der Waals surface area contributed by atoms with Crippen molar-refractivity contribution in [1.82, 2.24) is 9.97 Å². The van der Waals surface area contributed by atoms with Gasteiger partial charge in [-0.1, -0.05) is 26.7 Å². The SMILES string of the molecule is CCCNc1nccc(N2CCC(CCC)CC2)n1. The molecule has 0 bridgehead atoms. The van der Waals surface area contributed by atoms with Gasteiger partial charge in [-0.15, -0.1) is 0 Å².